The minimum absolute atomic E-state index is 0.165. The Morgan fingerprint density at radius 1 is 1.00 bits per heavy atom. The van der Waals surface area contributed by atoms with Crippen molar-refractivity contribution in [3.05, 3.63) is 59.2 Å². The van der Waals surface area contributed by atoms with E-state index in [0.29, 0.717) is 0 Å². The van der Waals surface area contributed by atoms with Gasteiger partial charge in [0.25, 0.3) is 0 Å². The monoisotopic (exact) mass is 340 g/mol. The SMILES string of the molecule is CCc1ccc(C(c2cc(OC)ccc2OC)N2CCNCC2)cc1. The van der Waals surface area contributed by atoms with Crippen molar-refractivity contribution in [3.63, 3.8) is 0 Å². The highest BCUT2D eigenvalue weighted by Gasteiger charge is 2.27. The standard InChI is InChI=1S/C21H28N2O2/c1-4-16-5-7-17(8-6-16)21(23-13-11-22-12-14-23)19-15-18(24-2)9-10-20(19)25-3/h5-10,15,21-22H,4,11-14H2,1-3H3. The predicted octanol–water partition coefficient (Wildman–Crippen LogP) is 3.26. The number of hydrogen-bond acceptors (Lipinski definition) is 4. The zero-order valence-electron chi connectivity index (χ0n) is 15.4. The van der Waals surface area contributed by atoms with E-state index in [0.717, 1.165) is 49.7 Å². The molecule has 2 aromatic carbocycles. The van der Waals surface area contributed by atoms with Crippen LogP contribution in [0.2, 0.25) is 0 Å². The van der Waals surface area contributed by atoms with E-state index >= 15 is 0 Å². The van der Waals surface area contributed by atoms with Gasteiger partial charge >= 0.3 is 0 Å². The molecule has 1 atom stereocenters. The van der Waals surface area contributed by atoms with E-state index in [1.54, 1.807) is 14.2 Å². The van der Waals surface area contributed by atoms with Crippen molar-refractivity contribution in [2.24, 2.45) is 0 Å². The predicted molar refractivity (Wildman–Crippen MR) is 102 cm³/mol. The number of nitrogens with one attached hydrogen (secondary N) is 1. The van der Waals surface area contributed by atoms with Crippen LogP contribution >= 0.6 is 0 Å². The van der Waals surface area contributed by atoms with Crippen molar-refractivity contribution in [1.29, 1.82) is 0 Å². The molecule has 1 aliphatic rings. The number of aryl methyl sites for hydroxylation is 1. The highest BCUT2D eigenvalue weighted by atomic mass is 16.5. The fraction of sp³-hybridized carbons (Fsp3) is 0.429. The van der Waals surface area contributed by atoms with E-state index < -0.39 is 0 Å². The molecule has 1 saturated heterocycles. The van der Waals surface area contributed by atoms with Crippen LogP contribution in [0.25, 0.3) is 0 Å². The Morgan fingerprint density at radius 2 is 1.72 bits per heavy atom. The second-order valence-corrected chi connectivity index (χ2v) is 6.39. The van der Waals surface area contributed by atoms with Gasteiger partial charge in [-0.05, 0) is 35.7 Å². The van der Waals surface area contributed by atoms with Crippen LogP contribution in [0.4, 0.5) is 0 Å². The molecule has 1 unspecified atom stereocenters. The Kier molecular flexibility index (Phi) is 5.95. The third-order valence-corrected chi connectivity index (χ3v) is 4.95. The first kappa shape index (κ1) is 17.8. The average molecular weight is 340 g/mol. The van der Waals surface area contributed by atoms with Crippen LogP contribution in [0.5, 0.6) is 11.5 Å². The van der Waals surface area contributed by atoms with Crippen molar-refractivity contribution in [3.8, 4) is 11.5 Å². The first-order chi connectivity index (χ1) is 12.3. The summed E-state index contributed by atoms with van der Waals surface area (Å²) in [6.45, 7) is 6.24. The van der Waals surface area contributed by atoms with Crippen LogP contribution < -0.4 is 14.8 Å². The molecule has 0 aliphatic carbocycles. The molecule has 1 aliphatic heterocycles. The summed E-state index contributed by atoms with van der Waals surface area (Å²) < 4.78 is 11.2. The number of methoxy groups -OCH3 is 2. The molecule has 1 heterocycles. The summed E-state index contributed by atoms with van der Waals surface area (Å²) in [5.74, 6) is 1.77. The topological polar surface area (TPSA) is 33.7 Å². The minimum Gasteiger partial charge on any atom is -0.497 e. The molecule has 134 valence electrons. The summed E-state index contributed by atoms with van der Waals surface area (Å²) in [7, 11) is 3.45. The molecule has 4 heteroatoms. The summed E-state index contributed by atoms with van der Waals surface area (Å²) >= 11 is 0. The maximum atomic E-state index is 5.69. The van der Waals surface area contributed by atoms with Crippen molar-refractivity contribution in [2.45, 2.75) is 19.4 Å². The molecule has 4 nitrogen and oxygen atoms in total. The Balaban J connectivity index is 2.06. The third kappa shape index (κ3) is 3.97. The van der Waals surface area contributed by atoms with Gasteiger partial charge in [0, 0.05) is 31.7 Å². The fourth-order valence-corrected chi connectivity index (χ4v) is 3.52. The molecule has 0 radical (unpaired) electrons. The van der Waals surface area contributed by atoms with Gasteiger partial charge in [0.2, 0.25) is 0 Å². The summed E-state index contributed by atoms with van der Waals surface area (Å²) in [6.07, 6.45) is 1.06. The summed E-state index contributed by atoms with van der Waals surface area (Å²) in [5.41, 5.74) is 3.82. The van der Waals surface area contributed by atoms with Crippen LogP contribution in [-0.2, 0) is 6.42 Å². The van der Waals surface area contributed by atoms with Crippen molar-refractivity contribution < 1.29 is 9.47 Å². The largest absolute Gasteiger partial charge is 0.497 e. The number of hydrogen-bond donors (Lipinski definition) is 1. The highest BCUT2D eigenvalue weighted by molar-refractivity contribution is 5.46. The number of rotatable bonds is 6. The Morgan fingerprint density at radius 3 is 2.32 bits per heavy atom. The Bertz CT molecular complexity index is 679. The molecular formula is C21H28N2O2. The van der Waals surface area contributed by atoms with E-state index in [4.69, 9.17) is 9.47 Å². The third-order valence-electron chi connectivity index (χ3n) is 4.95. The summed E-state index contributed by atoms with van der Waals surface area (Å²) in [5, 5.41) is 3.44. The van der Waals surface area contributed by atoms with Gasteiger partial charge < -0.3 is 14.8 Å². The maximum absolute atomic E-state index is 5.69. The van der Waals surface area contributed by atoms with E-state index in [2.05, 4.69) is 47.5 Å². The molecule has 0 bridgehead atoms. The van der Waals surface area contributed by atoms with Crippen molar-refractivity contribution in [1.82, 2.24) is 10.2 Å². The number of nitrogens with zero attached hydrogens (tertiary/aromatic N) is 1. The lowest BCUT2D eigenvalue weighted by molar-refractivity contribution is 0.195. The van der Waals surface area contributed by atoms with Gasteiger partial charge in [-0.3, -0.25) is 4.90 Å². The van der Waals surface area contributed by atoms with Gasteiger partial charge in [0.05, 0.1) is 20.3 Å². The number of piperazine rings is 1. The van der Waals surface area contributed by atoms with Gasteiger partial charge in [-0.15, -0.1) is 0 Å². The van der Waals surface area contributed by atoms with E-state index in [-0.39, 0.29) is 6.04 Å². The zero-order chi connectivity index (χ0) is 17.6. The highest BCUT2D eigenvalue weighted by Crippen LogP contribution is 2.37. The molecule has 0 amide bonds. The fourth-order valence-electron chi connectivity index (χ4n) is 3.52. The van der Waals surface area contributed by atoms with Crippen LogP contribution in [0.15, 0.2) is 42.5 Å². The van der Waals surface area contributed by atoms with Gasteiger partial charge in [-0.2, -0.15) is 0 Å². The number of benzene rings is 2. The molecule has 25 heavy (non-hydrogen) atoms. The lowest BCUT2D eigenvalue weighted by atomic mass is 9.94. The summed E-state index contributed by atoms with van der Waals surface area (Å²) in [4.78, 5) is 2.52. The second-order valence-electron chi connectivity index (χ2n) is 6.39. The number of ether oxygens (including phenoxy) is 2. The minimum atomic E-state index is 0.165. The molecule has 1 N–H and O–H groups in total. The molecule has 3 rings (SSSR count). The molecule has 1 fully saturated rings. The molecule has 0 saturated carbocycles. The van der Waals surface area contributed by atoms with Crippen molar-refractivity contribution >= 4 is 0 Å². The Labute approximate surface area is 150 Å². The van der Waals surface area contributed by atoms with Crippen LogP contribution in [0.1, 0.15) is 29.7 Å². The van der Waals surface area contributed by atoms with Crippen LogP contribution in [0.3, 0.4) is 0 Å². The zero-order valence-corrected chi connectivity index (χ0v) is 15.4. The molecule has 2 aromatic rings. The van der Waals surface area contributed by atoms with Crippen LogP contribution in [-0.4, -0.2) is 45.3 Å². The van der Waals surface area contributed by atoms with Crippen LogP contribution in [0, 0.1) is 0 Å². The first-order valence-electron chi connectivity index (χ1n) is 9.02. The molecule has 0 spiro atoms. The van der Waals surface area contributed by atoms with E-state index in [1.807, 2.05) is 12.1 Å². The van der Waals surface area contributed by atoms with Gasteiger partial charge in [-0.1, -0.05) is 31.2 Å². The summed E-state index contributed by atoms with van der Waals surface area (Å²) in [6, 6.07) is 15.2. The van der Waals surface area contributed by atoms with E-state index in [9.17, 15) is 0 Å². The van der Waals surface area contributed by atoms with Crippen molar-refractivity contribution in [2.75, 3.05) is 40.4 Å². The lowest BCUT2D eigenvalue weighted by Gasteiger charge is -2.36. The van der Waals surface area contributed by atoms with E-state index in [1.165, 1.54) is 11.1 Å². The normalized spacial score (nSPS) is 16.4. The van der Waals surface area contributed by atoms with Gasteiger partial charge in [0.1, 0.15) is 11.5 Å². The van der Waals surface area contributed by atoms with Gasteiger partial charge in [0.15, 0.2) is 0 Å². The maximum Gasteiger partial charge on any atom is 0.124 e. The lowest BCUT2D eigenvalue weighted by Crippen LogP contribution is -2.45. The first-order valence-corrected chi connectivity index (χ1v) is 9.02. The second kappa shape index (κ2) is 8.37. The molecular weight excluding hydrogens is 312 g/mol. The smallest absolute Gasteiger partial charge is 0.124 e. The Hall–Kier alpha value is -2.04. The molecule has 0 aromatic heterocycles. The van der Waals surface area contributed by atoms with Gasteiger partial charge in [-0.25, -0.2) is 0 Å². The quantitative estimate of drug-likeness (QED) is 0.875. The average Bonchev–Trinajstić information content (AvgIpc) is 2.69.